The van der Waals surface area contributed by atoms with E-state index in [1.807, 2.05) is 13.0 Å². The summed E-state index contributed by atoms with van der Waals surface area (Å²) in [6.45, 7) is 2.43. The van der Waals surface area contributed by atoms with Gasteiger partial charge in [-0.2, -0.15) is 5.26 Å². The number of nitrogens with one attached hydrogen (secondary N) is 2. The smallest absolute Gasteiger partial charge is 0.253 e. The molecule has 8 heteroatoms. The molecule has 8 nitrogen and oxygen atoms in total. The number of rotatable bonds is 6. The molecule has 0 unspecified atom stereocenters. The van der Waals surface area contributed by atoms with Crippen molar-refractivity contribution in [3.63, 3.8) is 0 Å². The van der Waals surface area contributed by atoms with Crippen molar-refractivity contribution >= 4 is 29.1 Å². The fourth-order valence-electron chi connectivity index (χ4n) is 5.29. The highest BCUT2D eigenvalue weighted by Gasteiger charge is 2.56. The molecule has 0 aromatic carbocycles. The van der Waals surface area contributed by atoms with Crippen molar-refractivity contribution in [2.75, 3.05) is 16.8 Å². The van der Waals surface area contributed by atoms with Gasteiger partial charge in [0.2, 0.25) is 5.91 Å². The van der Waals surface area contributed by atoms with Crippen LogP contribution in [0.25, 0.3) is 0 Å². The van der Waals surface area contributed by atoms with Crippen LogP contribution < -0.4 is 15.5 Å². The average Bonchev–Trinajstić information content (AvgIpc) is 3.63. The first-order chi connectivity index (χ1) is 16.5. The molecule has 2 saturated carbocycles. The lowest BCUT2D eigenvalue weighted by atomic mass is 9.83. The van der Waals surface area contributed by atoms with Crippen molar-refractivity contribution in [3.05, 3.63) is 41.7 Å². The normalized spacial score (nSPS) is 22.9. The van der Waals surface area contributed by atoms with Crippen LogP contribution in [0.1, 0.15) is 67.3 Å². The lowest BCUT2D eigenvalue weighted by Gasteiger charge is -2.23. The van der Waals surface area contributed by atoms with E-state index >= 15 is 0 Å². The molecule has 1 saturated heterocycles. The van der Waals surface area contributed by atoms with Gasteiger partial charge in [-0.1, -0.05) is 19.3 Å². The number of hydrogen-bond acceptors (Lipinski definition) is 6. The molecule has 0 spiro atoms. The first kappa shape index (κ1) is 22.3. The molecule has 34 heavy (non-hydrogen) atoms. The Bertz CT molecular complexity index is 1150. The van der Waals surface area contributed by atoms with E-state index in [4.69, 9.17) is 0 Å². The predicted molar refractivity (Wildman–Crippen MR) is 129 cm³/mol. The maximum absolute atomic E-state index is 13.1. The van der Waals surface area contributed by atoms with Gasteiger partial charge in [0.15, 0.2) is 0 Å². The molecule has 2 aromatic rings. The Morgan fingerprint density at radius 3 is 2.62 bits per heavy atom. The zero-order valence-corrected chi connectivity index (χ0v) is 19.5. The van der Waals surface area contributed by atoms with Crippen LogP contribution >= 0.6 is 0 Å². The van der Waals surface area contributed by atoms with E-state index in [1.54, 1.807) is 29.4 Å². The minimum Gasteiger partial charge on any atom is -0.349 e. The van der Waals surface area contributed by atoms with Gasteiger partial charge in [0.05, 0.1) is 11.6 Å². The molecule has 0 radical (unpaired) electrons. The molecule has 3 fully saturated rings. The minimum atomic E-state index is -0.871. The maximum atomic E-state index is 13.1. The first-order valence-corrected chi connectivity index (χ1v) is 12.2. The second kappa shape index (κ2) is 9.05. The summed E-state index contributed by atoms with van der Waals surface area (Å²) in [6.07, 6.45) is 11.4. The van der Waals surface area contributed by atoms with E-state index in [-0.39, 0.29) is 23.8 Å². The Kier molecular flexibility index (Phi) is 5.94. The van der Waals surface area contributed by atoms with Gasteiger partial charge in [-0.05, 0) is 62.6 Å². The Balaban J connectivity index is 1.27. The third kappa shape index (κ3) is 4.23. The lowest BCUT2D eigenvalue weighted by Crippen LogP contribution is -2.36. The van der Waals surface area contributed by atoms with Crippen LogP contribution in [-0.4, -0.2) is 34.4 Å². The summed E-state index contributed by atoms with van der Waals surface area (Å²) in [5.41, 5.74) is 1.26. The van der Waals surface area contributed by atoms with Gasteiger partial charge in [0.25, 0.3) is 5.91 Å². The summed E-state index contributed by atoms with van der Waals surface area (Å²) >= 11 is 0. The van der Waals surface area contributed by atoms with Crippen molar-refractivity contribution in [1.82, 2.24) is 15.3 Å². The third-order valence-corrected chi connectivity index (χ3v) is 7.44. The minimum absolute atomic E-state index is 0.0762. The molecule has 2 aliphatic carbocycles. The predicted octanol–water partition coefficient (Wildman–Crippen LogP) is 4.25. The summed E-state index contributed by atoms with van der Waals surface area (Å²) in [5.74, 6) is 1.14. The number of aromatic nitrogens is 2. The largest absolute Gasteiger partial charge is 0.349 e. The zero-order chi connectivity index (χ0) is 23.7. The second-order valence-corrected chi connectivity index (χ2v) is 9.78. The SMILES string of the molecule is Cc1cc(Nc2cc(N3CC[C@@](C#N)(C4CC4)C3=O)ccn2)ncc1C(=O)NC1CCCCC1. The summed E-state index contributed by atoms with van der Waals surface area (Å²) in [7, 11) is 0. The number of aryl methyl sites for hydroxylation is 1. The molecule has 1 aliphatic heterocycles. The van der Waals surface area contributed by atoms with Gasteiger partial charge in [0.1, 0.15) is 17.1 Å². The van der Waals surface area contributed by atoms with Crippen LogP contribution in [0.5, 0.6) is 0 Å². The number of anilines is 3. The van der Waals surface area contributed by atoms with E-state index in [1.165, 1.54) is 6.42 Å². The Hall–Kier alpha value is -3.47. The van der Waals surface area contributed by atoms with Crippen molar-refractivity contribution in [2.24, 2.45) is 11.3 Å². The van der Waals surface area contributed by atoms with Crippen molar-refractivity contribution in [1.29, 1.82) is 5.26 Å². The highest BCUT2D eigenvalue weighted by Crippen LogP contribution is 2.51. The molecule has 3 heterocycles. The topological polar surface area (TPSA) is 111 Å². The lowest BCUT2D eigenvalue weighted by molar-refractivity contribution is -0.123. The van der Waals surface area contributed by atoms with Crippen LogP contribution in [0.15, 0.2) is 30.6 Å². The molecule has 2 amide bonds. The van der Waals surface area contributed by atoms with Gasteiger partial charge >= 0.3 is 0 Å². The number of hydrogen-bond donors (Lipinski definition) is 2. The monoisotopic (exact) mass is 458 g/mol. The molecular weight excluding hydrogens is 428 g/mol. The molecule has 5 rings (SSSR count). The number of carbonyl (C=O) groups excluding carboxylic acids is 2. The van der Waals surface area contributed by atoms with E-state index < -0.39 is 5.41 Å². The summed E-state index contributed by atoms with van der Waals surface area (Å²) in [5, 5.41) is 16.1. The summed E-state index contributed by atoms with van der Waals surface area (Å²) in [4.78, 5) is 36.3. The van der Waals surface area contributed by atoms with E-state index in [2.05, 4.69) is 26.7 Å². The van der Waals surface area contributed by atoms with Crippen LogP contribution in [-0.2, 0) is 4.79 Å². The Morgan fingerprint density at radius 2 is 1.91 bits per heavy atom. The van der Waals surface area contributed by atoms with Crippen LogP contribution in [0.4, 0.5) is 17.3 Å². The Labute approximate surface area is 199 Å². The highest BCUT2D eigenvalue weighted by atomic mass is 16.2. The number of pyridine rings is 2. The zero-order valence-electron chi connectivity index (χ0n) is 19.5. The van der Waals surface area contributed by atoms with Crippen LogP contribution in [0.2, 0.25) is 0 Å². The molecule has 0 bridgehead atoms. The van der Waals surface area contributed by atoms with E-state index in [0.29, 0.717) is 30.2 Å². The second-order valence-electron chi connectivity index (χ2n) is 9.78. The molecule has 176 valence electrons. The van der Waals surface area contributed by atoms with Gasteiger partial charge in [-0.3, -0.25) is 9.59 Å². The first-order valence-electron chi connectivity index (χ1n) is 12.2. The van der Waals surface area contributed by atoms with Gasteiger partial charge < -0.3 is 15.5 Å². The van der Waals surface area contributed by atoms with Gasteiger partial charge in [-0.25, -0.2) is 9.97 Å². The molecule has 3 aliphatic rings. The quantitative estimate of drug-likeness (QED) is 0.670. The van der Waals surface area contributed by atoms with E-state index in [9.17, 15) is 14.9 Å². The number of nitrogens with zero attached hydrogens (tertiary/aromatic N) is 4. The summed E-state index contributed by atoms with van der Waals surface area (Å²) in [6, 6.07) is 8.00. The molecule has 2 aromatic heterocycles. The van der Waals surface area contributed by atoms with Crippen LogP contribution in [0, 0.1) is 29.6 Å². The highest BCUT2D eigenvalue weighted by molar-refractivity contribution is 6.02. The standard InChI is InChI=1S/C26H30N6O2/c1-17-13-22(29-15-21(17)24(33)30-19-5-3-2-4-6-19)31-23-14-20(9-11-28-23)32-12-10-26(16-27,25(32)34)18-7-8-18/h9,11,13-15,18-19H,2-8,10,12H2,1H3,(H,30,33)(H,28,29,31)/t26-/m1/s1. The fraction of sp³-hybridized carbons (Fsp3) is 0.500. The van der Waals surface area contributed by atoms with Gasteiger partial charge in [0, 0.05) is 36.7 Å². The maximum Gasteiger partial charge on any atom is 0.253 e. The van der Waals surface area contributed by atoms with Crippen LogP contribution in [0.3, 0.4) is 0 Å². The Morgan fingerprint density at radius 1 is 1.15 bits per heavy atom. The summed E-state index contributed by atoms with van der Waals surface area (Å²) < 4.78 is 0. The van der Waals surface area contributed by atoms with Gasteiger partial charge in [-0.15, -0.1) is 0 Å². The molecular formula is C26H30N6O2. The van der Waals surface area contributed by atoms with E-state index in [0.717, 1.165) is 49.8 Å². The molecule has 2 N–H and O–H groups in total. The number of nitriles is 1. The third-order valence-electron chi connectivity index (χ3n) is 7.44. The fourth-order valence-corrected chi connectivity index (χ4v) is 5.29. The van der Waals surface area contributed by atoms with Crippen molar-refractivity contribution in [3.8, 4) is 6.07 Å². The number of carbonyl (C=O) groups is 2. The molecule has 1 atom stereocenters. The average molecular weight is 459 g/mol. The van der Waals surface area contributed by atoms with Crippen molar-refractivity contribution in [2.45, 2.75) is 64.3 Å². The number of amides is 2. The van der Waals surface area contributed by atoms with Crippen molar-refractivity contribution < 1.29 is 9.59 Å².